The van der Waals surface area contributed by atoms with Crippen LogP contribution in [0.2, 0.25) is 5.04 Å². The van der Waals surface area contributed by atoms with E-state index in [4.69, 9.17) is 9.16 Å². The van der Waals surface area contributed by atoms with Gasteiger partial charge >= 0.3 is 6.18 Å². The monoisotopic (exact) mass is 1040 g/mol. The van der Waals surface area contributed by atoms with Crippen molar-refractivity contribution >= 4 is 73.6 Å². The lowest BCUT2D eigenvalue weighted by atomic mass is 9.86. The Hall–Kier alpha value is -6.92. The molecule has 7 aromatic rings. The van der Waals surface area contributed by atoms with E-state index in [0.717, 1.165) is 54.2 Å². The van der Waals surface area contributed by atoms with Gasteiger partial charge in [-0.15, -0.1) is 22.7 Å². The van der Waals surface area contributed by atoms with E-state index >= 15 is 0 Å². The van der Waals surface area contributed by atoms with Crippen molar-refractivity contribution in [3.63, 3.8) is 0 Å². The maximum atomic E-state index is 13.5. The topological polar surface area (TPSA) is 98.0 Å². The van der Waals surface area contributed by atoms with Gasteiger partial charge in [-0.25, -0.2) is 0 Å². The van der Waals surface area contributed by atoms with Gasteiger partial charge in [0.2, 0.25) is 0 Å². The summed E-state index contributed by atoms with van der Waals surface area (Å²) >= 11 is 3.52. The second-order valence-electron chi connectivity index (χ2n) is 19.8. The van der Waals surface area contributed by atoms with Crippen LogP contribution in [0, 0.1) is 34.0 Å². The van der Waals surface area contributed by atoms with Crippen molar-refractivity contribution in [1.82, 2.24) is 4.57 Å². The molecule has 1 atom stereocenters. The lowest BCUT2D eigenvalue weighted by molar-refractivity contribution is -0.137. The minimum Gasteiger partial charge on any atom is -0.474 e. The SMILES string of the molecule is CCCCCCCCn1c2cc(/C=C/C=C/C3=C(C#N)C(=C(C#N)C#N)OC3(C)c3ccc(C(F)(F)F)cc3)sc2c2sc(-c3ccc(N(C)CCO[Si](c4ccccc4)(c4ccccc4)C(C)(C)C)cc3)cc21. The Bertz CT molecular complexity index is 3300. The number of allylic oxidation sites excluding steroid dienone is 4. The van der Waals surface area contributed by atoms with Gasteiger partial charge in [-0.1, -0.05) is 163 Å². The Labute approximate surface area is 442 Å². The predicted molar refractivity (Wildman–Crippen MR) is 300 cm³/mol. The molecule has 1 aliphatic rings. The Morgan fingerprint density at radius 1 is 0.770 bits per heavy atom. The Kier molecular flexibility index (Phi) is 16.4. The van der Waals surface area contributed by atoms with Gasteiger partial charge in [0.15, 0.2) is 16.9 Å². The molecule has 0 saturated carbocycles. The van der Waals surface area contributed by atoms with Crippen LogP contribution in [-0.2, 0) is 27.5 Å². The van der Waals surface area contributed by atoms with E-state index in [2.05, 4.69) is 147 Å². The summed E-state index contributed by atoms with van der Waals surface area (Å²) in [4.78, 5) is 4.50. The zero-order chi connectivity index (χ0) is 52.7. The molecule has 4 aromatic carbocycles. The molecule has 8 rings (SSSR count). The van der Waals surface area contributed by atoms with E-state index in [0.29, 0.717) is 17.7 Å². The molecule has 3 aromatic heterocycles. The second-order valence-corrected chi connectivity index (χ2v) is 26.3. The third-order valence-corrected chi connectivity index (χ3v) is 21.5. The van der Waals surface area contributed by atoms with E-state index in [9.17, 15) is 29.0 Å². The summed E-state index contributed by atoms with van der Waals surface area (Å²) in [7, 11) is -0.529. The maximum absolute atomic E-state index is 13.5. The number of benzene rings is 4. The van der Waals surface area contributed by atoms with Crippen molar-refractivity contribution in [2.24, 2.45) is 0 Å². The molecular formula is C61H60F3N5O2S2Si. The largest absolute Gasteiger partial charge is 0.474 e. The minimum atomic E-state index is -4.55. The first-order valence-electron chi connectivity index (χ1n) is 25.1. The number of unbranched alkanes of at least 4 members (excludes halogenated alkanes) is 5. The highest BCUT2D eigenvalue weighted by atomic mass is 32.1. The Balaban J connectivity index is 1.05. The van der Waals surface area contributed by atoms with E-state index in [1.807, 2.05) is 12.2 Å². The number of thiophene rings is 2. The maximum Gasteiger partial charge on any atom is 0.416 e. The average molecular weight is 1040 g/mol. The molecule has 1 aliphatic heterocycles. The van der Waals surface area contributed by atoms with Gasteiger partial charge in [-0.05, 0) is 82.4 Å². The number of nitrogens with zero attached hydrogens (tertiary/aromatic N) is 5. The molecule has 378 valence electrons. The third-order valence-electron chi connectivity index (χ3n) is 14.0. The van der Waals surface area contributed by atoms with Crippen LogP contribution in [-0.4, -0.2) is 33.1 Å². The smallest absolute Gasteiger partial charge is 0.416 e. The molecule has 0 amide bonds. The molecule has 0 aliphatic carbocycles. The number of likely N-dealkylation sites (N-methyl/N-ethyl adjacent to an activating group) is 1. The summed E-state index contributed by atoms with van der Waals surface area (Å²) in [6.07, 6.45) is 9.86. The summed E-state index contributed by atoms with van der Waals surface area (Å²) in [5.74, 6) is -0.203. The first-order chi connectivity index (χ1) is 35.6. The fourth-order valence-electron chi connectivity index (χ4n) is 10.1. The van der Waals surface area contributed by atoms with Gasteiger partial charge in [0, 0.05) is 41.2 Å². The number of halogens is 3. The van der Waals surface area contributed by atoms with Gasteiger partial charge in [0.25, 0.3) is 8.32 Å². The van der Waals surface area contributed by atoms with Crippen molar-refractivity contribution < 1.29 is 22.3 Å². The van der Waals surface area contributed by atoms with Crippen molar-refractivity contribution in [2.45, 2.75) is 96.5 Å². The van der Waals surface area contributed by atoms with Crippen LogP contribution < -0.4 is 15.3 Å². The fraction of sp³-hybridized carbons (Fsp3) is 0.295. The lowest BCUT2D eigenvalue weighted by Gasteiger charge is -2.43. The number of hydrogen-bond donors (Lipinski definition) is 0. The second kappa shape index (κ2) is 22.7. The molecule has 74 heavy (non-hydrogen) atoms. The lowest BCUT2D eigenvalue weighted by Crippen LogP contribution is -2.67. The Morgan fingerprint density at radius 3 is 1.96 bits per heavy atom. The highest BCUT2D eigenvalue weighted by Crippen LogP contribution is 2.48. The van der Waals surface area contributed by atoms with Crippen LogP contribution >= 0.6 is 22.7 Å². The molecule has 0 saturated heterocycles. The van der Waals surface area contributed by atoms with Crippen LogP contribution in [0.25, 0.3) is 36.9 Å². The molecule has 0 spiro atoms. The van der Waals surface area contributed by atoms with Crippen molar-refractivity contribution in [1.29, 1.82) is 15.8 Å². The number of hydrogen-bond acceptors (Lipinski definition) is 8. The number of nitriles is 3. The van der Waals surface area contributed by atoms with E-state index < -0.39 is 31.2 Å². The number of aromatic nitrogens is 1. The van der Waals surface area contributed by atoms with Crippen LogP contribution in [0.4, 0.5) is 18.9 Å². The molecule has 0 fully saturated rings. The summed E-state index contributed by atoms with van der Waals surface area (Å²) in [6.45, 7) is 13.0. The Morgan fingerprint density at radius 2 is 1.36 bits per heavy atom. The van der Waals surface area contributed by atoms with Gasteiger partial charge in [-0.3, -0.25) is 0 Å². The van der Waals surface area contributed by atoms with Crippen LogP contribution in [0.1, 0.15) is 89.1 Å². The number of rotatable bonds is 19. The molecule has 7 nitrogen and oxygen atoms in total. The van der Waals surface area contributed by atoms with Crippen LogP contribution in [0.3, 0.4) is 0 Å². The van der Waals surface area contributed by atoms with E-state index in [1.165, 1.54) is 73.5 Å². The fourth-order valence-corrected chi connectivity index (χ4v) is 17.0. The summed E-state index contributed by atoms with van der Waals surface area (Å²) in [5, 5.41) is 32.2. The van der Waals surface area contributed by atoms with Gasteiger partial charge < -0.3 is 18.6 Å². The molecule has 0 N–H and O–H groups in total. The molecular weight excluding hydrogens is 984 g/mol. The average Bonchev–Trinajstić information content (AvgIpc) is 4.16. The molecule has 4 heterocycles. The molecule has 0 bridgehead atoms. The zero-order valence-corrected chi connectivity index (χ0v) is 45.4. The molecule has 1 unspecified atom stereocenters. The number of alkyl halides is 3. The molecule has 0 radical (unpaired) electrons. The number of fused-ring (bicyclic) bond motifs is 3. The summed E-state index contributed by atoms with van der Waals surface area (Å²) in [5.41, 5.74) is 2.61. The summed E-state index contributed by atoms with van der Waals surface area (Å²) in [6, 6.07) is 45.1. The molecule has 13 heteroatoms. The van der Waals surface area contributed by atoms with Gasteiger partial charge in [0.1, 0.15) is 23.8 Å². The normalized spacial score (nSPS) is 15.3. The van der Waals surface area contributed by atoms with Crippen molar-refractivity contribution in [3.8, 4) is 28.6 Å². The van der Waals surface area contributed by atoms with E-state index in [1.54, 1.807) is 53.9 Å². The van der Waals surface area contributed by atoms with Crippen LogP contribution in [0.5, 0.6) is 0 Å². The predicted octanol–water partition coefficient (Wildman–Crippen LogP) is 15.6. The minimum absolute atomic E-state index is 0.0323. The highest BCUT2D eigenvalue weighted by Gasteiger charge is 2.50. The highest BCUT2D eigenvalue weighted by molar-refractivity contribution is 7.29. The summed E-state index contributed by atoms with van der Waals surface area (Å²) < 4.78 is 58.8. The zero-order valence-electron chi connectivity index (χ0n) is 42.7. The first kappa shape index (κ1) is 53.4. The third kappa shape index (κ3) is 10.8. The number of ether oxygens (including phenoxy) is 1. The van der Waals surface area contributed by atoms with Gasteiger partial charge in [0.05, 0.1) is 32.6 Å². The first-order valence-corrected chi connectivity index (χ1v) is 28.7. The quantitative estimate of drug-likeness (QED) is 0.0346. The van der Waals surface area contributed by atoms with E-state index in [-0.39, 0.29) is 16.4 Å². The number of anilines is 1. The van der Waals surface area contributed by atoms with Crippen molar-refractivity contribution in [2.75, 3.05) is 25.1 Å². The van der Waals surface area contributed by atoms with Gasteiger partial charge in [-0.2, -0.15) is 29.0 Å². The standard InChI is InChI=1S/C61H60F3N5O2S2Si/c1-7-8-9-10-11-20-35-69-53-38-48(21-18-19-26-52-51(42-67)56(44(40-65)41-66)71-60(52,5)45-29-31-46(32-30-45)61(62,63)64)72-57(53)58-54(69)39-55(73-58)43-27-33-47(34-28-43)68(6)36-37-70-74(59(2,3)4,49-22-14-12-15-23-49)50-24-16-13-17-25-50/h12-19,21-34,38-39H,7-11,20,35-37H2,1-6H3/b21-18+,26-19+. The van der Waals surface area contributed by atoms with Crippen LogP contribution in [0.15, 0.2) is 162 Å². The number of aryl methyl sites for hydroxylation is 1. The van der Waals surface area contributed by atoms with Crippen molar-refractivity contribution in [3.05, 3.63) is 178 Å².